The molecule has 0 aliphatic carbocycles. The van der Waals surface area contributed by atoms with Crippen LogP contribution in [0.15, 0.2) is 48.7 Å². The van der Waals surface area contributed by atoms with Crippen LogP contribution < -0.4 is 0 Å². The van der Waals surface area contributed by atoms with E-state index in [1.807, 2.05) is 48.2 Å². The van der Waals surface area contributed by atoms with Gasteiger partial charge in [-0.15, -0.1) is 0 Å². The maximum atomic E-state index is 11.0. The fraction of sp³-hybridized carbons (Fsp3) is 0.250. The molecule has 0 spiro atoms. The van der Waals surface area contributed by atoms with Crippen molar-refractivity contribution in [1.29, 1.82) is 0 Å². The number of aliphatic carboxylic acids is 1. The summed E-state index contributed by atoms with van der Waals surface area (Å²) in [4.78, 5) is 17.1. The van der Waals surface area contributed by atoms with Crippen LogP contribution in [0.4, 0.5) is 0 Å². The molecule has 1 aromatic heterocycles. The summed E-state index contributed by atoms with van der Waals surface area (Å²) in [6.45, 7) is 3.17. The molecular formula is C16H18N2O2. The zero-order valence-electron chi connectivity index (χ0n) is 11.5. The molecule has 1 aromatic carbocycles. The predicted octanol–water partition coefficient (Wildman–Crippen LogP) is 2.48. The van der Waals surface area contributed by atoms with Crippen molar-refractivity contribution in [3.63, 3.8) is 0 Å². The minimum Gasteiger partial charge on any atom is -0.480 e. The molecule has 0 saturated carbocycles. The van der Waals surface area contributed by atoms with Gasteiger partial charge in [-0.3, -0.25) is 14.7 Å². The van der Waals surface area contributed by atoms with Gasteiger partial charge in [0.05, 0.1) is 12.2 Å². The minimum absolute atomic E-state index is 0.00448. The Morgan fingerprint density at radius 1 is 1.20 bits per heavy atom. The Kier molecular flexibility index (Phi) is 4.85. The van der Waals surface area contributed by atoms with Crippen LogP contribution in [0.25, 0.3) is 0 Å². The minimum atomic E-state index is -0.825. The first-order valence-corrected chi connectivity index (χ1v) is 6.53. The van der Waals surface area contributed by atoms with Crippen molar-refractivity contribution < 1.29 is 9.90 Å². The highest BCUT2D eigenvalue weighted by Crippen LogP contribution is 2.10. The third-order valence-electron chi connectivity index (χ3n) is 2.96. The maximum Gasteiger partial charge on any atom is 0.317 e. The van der Waals surface area contributed by atoms with Crippen LogP contribution in [-0.2, 0) is 17.9 Å². The van der Waals surface area contributed by atoms with Crippen molar-refractivity contribution in [3.05, 3.63) is 65.5 Å². The number of hydrogen-bond acceptors (Lipinski definition) is 3. The average Bonchev–Trinajstić information content (AvgIpc) is 2.39. The Morgan fingerprint density at radius 2 is 2.05 bits per heavy atom. The van der Waals surface area contributed by atoms with Crippen LogP contribution in [0.2, 0.25) is 0 Å². The van der Waals surface area contributed by atoms with Crippen LogP contribution in [0.1, 0.15) is 16.8 Å². The second-order valence-electron chi connectivity index (χ2n) is 4.85. The summed E-state index contributed by atoms with van der Waals surface area (Å²) in [6.07, 6.45) is 1.72. The average molecular weight is 270 g/mol. The molecule has 104 valence electrons. The van der Waals surface area contributed by atoms with E-state index >= 15 is 0 Å². The number of carboxylic acid groups (broad SMARTS) is 1. The number of aryl methyl sites for hydroxylation is 1. The van der Waals surface area contributed by atoms with Crippen molar-refractivity contribution in [2.75, 3.05) is 6.54 Å². The van der Waals surface area contributed by atoms with E-state index < -0.39 is 5.97 Å². The number of hydrogen-bond donors (Lipinski definition) is 1. The van der Waals surface area contributed by atoms with Crippen LogP contribution in [0, 0.1) is 6.92 Å². The summed E-state index contributed by atoms with van der Waals surface area (Å²) >= 11 is 0. The molecule has 0 bridgehead atoms. The predicted molar refractivity (Wildman–Crippen MR) is 77.2 cm³/mol. The number of nitrogens with zero attached hydrogens (tertiary/aromatic N) is 2. The van der Waals surface area contributed by atoms with Crippen LogP contribution in [-0.4, -0.2) is 27.5 Å². The topological polar surface area (TPSA) is 53.4 Å². The summed E-state index contributed by atoms with van der Waals surface area (Å²) in [7, 11) is 0. The number of rotatable bonds is 6. The van der Waals surface area contributed by atoms with E-state index in [9.17, 15) is 4.79 Å². The quantitative estimate of drug-likeness (QED) is 0.876. The van der Waals surface area contributed by atoms with Gasteiger partial charge >= 0.3 is 5.97 Å². The van der Waals surface area contributed by atoms with E-state index in [0.717, 1.165) is 11.3 Å². The first kappa shape index (κ1) is 14.2. The van der Waals surface area contributed by atoms with Gasteiger partial charge in [0.2, 0.25) is 0 Å². The number of benzene rings is 1. The standard InChI is InChI=1S/C16H18N2O2/c1-13-5-4-6-14(9-13)10-18(12-16(19)20)11-15-7-2-3-8-17-15/h2-9H,10-12H2,1H3,(H,19,20). The number of carboxylic acids is 1. The number of pyridine rings is 1. The van der Waals surface area contributed by atoms with Gasteiger partial charge < -0.3 is 5.11 Å². The van der Waals surface area contributed by atoms with Crippen LogP contribution >= 0.6 is 0 Å². The van der Waals surface area contributed by atoms with Crippen LogP contribution in [0.5, 0.6) is 0 Å². The van der Waals surface area contributed by atoms with Gasteiger partial charge in [0.15, 0.2) is 0 Å². The molecule has 1 N–H and O–H groups in total. The van der Waals surface area contributed by atoms with Gasteiger partial charge in [0, 0.05) is 19.3 Å². The Bertz CT molecular complexity index is 570. The molecule has 1 heterocycles. The molecule has 4 nitrogen and oxygen atoms in total. The zero-order chi connectivity index (χ0) is 14.4. The van der Waals surface area contributed by atoms with Crippen molar-refractivity contribution in [2.45, 2.75) is 20.0 Å². The van der Waals surface area contributed by atoms with E-state index in [1.54, 1.807) is 6.20 Å². The highest BCUT2D eigenvalue weighted by molar-refractivity contribution is 5.69. The van der Waals surface area contributed by atoms with E-state index in [4.69, 9.17) is 5.11 Å². The lowest BCUT2D eigenvalue weighted by molar-refractivity contribution is -0.138. The lowest BCUT2D eigenvalue weighted by atomic mass is 10.1. The molecule has 0 radical (unpaired) electrons. The lowest BCUT2D eigenvalue weighted by Gasteiger charge is -2.20. The monoisotopic (exact) mass is 270 g/mol. The van der Waals surface area contributed by atoms with Gasteiger partial charge in [0.25, 0.3) is 0 Å². The van der Waals surface area contributed by atoms with Crippen molar-refractivity contribution >= 4 is 5.97 Å². The first-order valence-electron chi connectivity index (χ1n) is 6.53. The molecule has 2 rings (SSSR count). The summed E-state index contributed by atoms with van der Waals surface area (Å²) in [6, 6.07) is 13.8. The molecule has 20 heavy (non-hydrogen) atoms. The van der Waals surface area contributed by atoms with E-state index in [2.05, 4.69) is 11.1 Å². The molecule has 4 heteroatoms. The Hall–Kier alpha value is -2.20. The zero-order valence-corrected chi connectivity index (χ0v) is 11.5. The summed E-state index contributed by atoms with van der Waals surface area (Å²) in [5.74, 6) is -0.825. The molecule has 0 aliphatic rings. The second kappa shape index (κ2) is 6.82. The molecular weight excluding hydrogens is 252 g/mol. The van der Waals surface area contributed by atoms with Crippen molar-refractivity contribution in [1.82, 2.24) is 9.88 Å². The SMILES string of the molecule is Cc1cccc(CN(CC(=O)O)Cc2ccccn2)c1. The van der Waals surface area contributed by atoms with Crippen molar-refractivity contribution in [2.24, 2.45) is 0 Å². The maximum absolute atomic E-state index is 11.0. The Balaban J connectivity index is 2.09. The third-order valence-corrected chi connectivity index (χ3v) is 2.96. The first-order chi connectivity index (χ1) is 9.63. The molecule has 0 amide bonds. The largest absolute Gasteiger partial charge is 0.480 e. The highest BCUT2D eigenvalue weighted by atomic mass is 16.4. The molecule has 0 atom stereocenters. The fourth-order valence-corrected chi connectivity index (χ4v) is 2.15. The molecule has 0 unspecified atom stereocenters. The molecule has 0 fully saturated rings. The van der Waals surface area contributed by atoms with E-state index in [1.165, 1.54) is 5.56 Å². The summed E-state index contributed by atoms with van der Waals surface area (Å²) in [5, 5.41) is 9.03. The van der Waals surface area contributed by atoms with E-state index in [-0.39, 0.29) is 6.54 Å². The Morgan fingerprint density at radius 3 is 2.70 bits per heavy atom. The fourth-order valence-electron chi connectivity index (χ4n) is 2.15. The van der Waals surface area contributed by atoms with Gasteiger partial charge in [0.1, 0.15) is 0 Å². The molecule has 0 aliphatic heterocycles. The smallest absolute Gasteiger partial charge is 0.317 e. The lowest BCUT2D eigenvalue weighted by Crippen LogP contribution is -2.29. The summed E-state index contributed by atoms with van der Waals surface area (Å²) in [5.41, 5.74) is 3.17. The van der Waals surface area contributed by atoms with Crippen LogP contribution in [0.3, 0.4) is 0 Å². The van der Waals surface area contributed by atoms with E-state index in [0.29, 0.717) is 13.1 Å². The van der Waals surface area contributed by atoms with Crippen molar-refractivity contribution in [3.8, 4) is 0 Å². The third kappa shape index (κ3) is 4.48. The van der Waals surface area contributed by atoms with Gasteiger partial charge in [-0.1, -0.05) is 35.9 Å². The number of carbonyl (C=O) groups is 1. The Labute approximate surface area is 118 Å². The van der Waals surface area contributed by atoms with Gasteiger partial charge in [-0.05, 0) is 24.6 Å². The second-order valence-corrected chi connectivity index (χ2v) is 4.85. The van der Waals surface area contributed by atoms with Gasteiger partial charge in [-0.25, -0.2) is 0 Å². The summed E-state index contributed by atoms with van der Waals surface area (Å²) < 4.78 is 0. The normalized spacial score (nSPS) is 10.7. The molecule has 2 aromatic rings. The highest BCUT2D eigenvalue weighted by Gasteiger charge is 2.11. The molecule has 0 saturated heterocycles. The number of aromatic nitrogens is 1. The van der Waals surface area contributed by atoms with Gasteiger partial charge in [-0.2, -0.15) is 0 Å².